The molecule has 17 heavy (non-hydrogen) atoms. The van der Waals surface area contributed by atoms with Gasteiger partial charge in [0.2, 0.25) is 0 Å². The molecule has 1 aromatic rings. The van der Waals surface area contributed by atoms with Crippen LogP contribution in [0.25, 0.3) is 0 Å². The number of rotatable bonds is 2. The lowest BCUT2D eigenvalue weighted by Crippen LogP contribution is -2.50. The Balaban J connectivity index is 2.20. The smallest absolute Gasteiger partial charge is 0.327 e. The predicted molar refractivity (Wildman–Crippen MR) is 64.0 cm³/mol. The maximum absolute atomic E-state index is 12.1. The Morgan fingerprint density at radius 3 is 2.94 bits per heavy atom. The lowest BCUT2D eigenvalue weighted by Gasteiger charge is -2.32. The van der Waals surface area contributed by atoms with E-state index in [4.69, 9.17) is 5.11 Å². The minimum Gasteiger partial charge on any atom is -0.480 e. The number of carboxylic acids is 1. The number of carbonyl (C=O) groups is 2. The van der Waals surface area contributed by atoms with Crippen LogP contribution in [0.3, 0.4) is 0 Å². The molecule has 0 saturated carbocycles. The Bertz CT molecular complexity index is 424. The number of carboxylic acid groups (broad SMARTS) is 1. The molecule has 1 aliphatic heterocycles. The average molecular weight is 252 g/mol. The number of hydrogen-bond acceptors (Lipinski definition) is 4. The predicted octanol–water partition coefficient (Wildman–Crippen LogP) is 0.724. The van der Waals surface area contributed by atoms with E-state index in [1.807, 2.05) is 0 Å². The van der Waals surface area contributed by atoms with Crippen molar-refractivity contribution in [3.05, 3.63) is 30.1 Å². The Morgan fingerprint density at radius 1 is 1.47 bits per heavy atom. The maximum Gasteiger partial charge on any atom is 0.327 e. The fraction of sp³-hybridized carbons (Fsp3) is 0.364. The molecule has 5 nitrogen and oxygen atoms in total. The van der Waals surface area contributed by atoms with Crippen LogP contribution in [0.5, 0.6) is 0 Å². The molecular formula is C11H12N2O3S. The van der Waals surface area contributed by atoms with Gasteiger partial charge in [0.1, 0.15) is 11.7 Å². The summed E-state index contributed by atoms with van der Waals surface area (Å²) in [6.07, 6.45) is 1.53. The van der Waals surface area contributed by atoms with Gasteiger partial charge in [-0.05, 0) is 12.1 Å². The number of amides is 1. The van der Waals surface area contributed by atoms with Crippen molar-refractivity contribution in [1.82, 2.24) is 9.88 Å². The summed E-state index contributed by atoms with van der Waals surface area (Å²) in [5.41, 5.74) is 0.297. The molecule has 0 aliphatic carbocycles. The van der Waals surface area contributed by atoms with E-state index in [0.29, 0.717) is 18.0 Å². The summed E-state index contributed by atoms with van der Waals surface area (Å²) >= 11 is 1.55. The van der Waals surface area contributed by atoms with E-state index in [2.05, 4.69) is 4.98 Å². The van der Waals surface area contributed by atoms with Gasteiger partial charge in [-0.15, -0.1) is 0 Å². The van der Waals surface area contributed by atoms with Crippen LogP contribution in [0.2, 0.25) is 0 Å². The van der Waals surface area contributed by atoms with Gasteiger partial charge in [-0.1, -0.05) is 6.07 Å². The zero-order valence-corrected chi connectivity index (χ0v) is 9.89. The number of nitrogens with zero attached hydrogens (tertiary/aromatic N) is 2. The minimum atomic E-state index is -0.957. The molecule has 90 valence electrons. The molecule has 1 atom stereocenters. The second-order valence-electron chi connectivity index (χ2n) is 3.64. The van der Waals surface area contributed by atoms with E-state index in [1.165, 1.54) is 11.1 Å². The monoisotopic (exact) mass is 252 g/mol. The van der Waals surface area contributed by atoms with Gasteiger partial charge in [-0.25, -0.2) is 4.79 Å². The van der Waals surface area contributed by atoms with E-state index in [9.17, 15) is 9.59 Å². The molecule has 1 N–H and O–H groups in total. The van der Waals surface area contributed by atoms with Gasteiger partial charge in [0.15, 0.2) is 0 Å². The first kappa shape index (κ1) is 11.9. The van der Waals surface area contributed by atoms with Gasteiger partial charge in [0.05, 0.1) is 0 Å². The fourth-order valence-corrected chi connectivity index (χ4v) is 2.73. The Hall–Kier alpha value is -1.56. The van der Waals surface area contributed by atoms with Crippen molar-refractivity contribution in [2.24, 2.45) is 0 Å². The second kappa shape index (κ2) is 5.18. The standard InChI is InChI=1S/C11H12N2O3S/c14-10(8-3-1-2-4-12-8)13-5-6-17-7-9(13)11(15)16/h1-4,9H,5-7H2,(H,15,16). The normalized spacial score (nSPS) is 20.0. The van der Waals surface area contributed by atoms with Gasteiger partial charge in [0, 0.05) is 24.2 Å². The highest BCUT2D eigenvalue weighted by Gasteiger charge is 2.33. The largest absolute Gasteiger partial charge is 0.480 e. The zero-order chi connectivity index (χ0) is 12.3. The first-order valence-corrected chi connectivity index (χ1v) is 6.38. The van der Waals surface area contributed by atoms with Crippen LogP contribution < -0.4 is 0 Å². The second-order valence-corrected chi connectivity index (χ2v) is 4.79. The molecule has 0 aromatic carbocycles. The van der Waals surface area contributed by atoms with Gasteiger partial charge < -0.3 is 10.0 Å². The Morgan fingerprint density at radius 2 is 2.29 bits per heavy atom. The summed E-state index contributed by atoms with van der Waals surface area (Å²) in [5, 5.41) is 9.08. The first-order valence-electron chi connectivity index (χ1n) is 5.22. The Labute approximate surface area is 103 Å². The van der Waals surface area contributed by atoms with Crippen LogP contribution in [-0.2, 0) is 4.79 Å². The quantitative estimate of drug-likeness (QED) is 0.840. The van der Waals surface area contributed by atoms with Crippen LogP contribution in [-0.4, -0.2) is 51.0 Å². The molecule has 1 fully saturated rings. The summed E-state index contributed by atoms with van der Waals surface area (Å²) in [6.45, 7) is 0.455. The lowest BCUT2D eigenvalue weighted by atomic mass is 10.2. The third kappa shape index (κ3) is 2.58. The maximum atomic E-state index is 12.1. The first-order chi connectivity index (χ1) is 8.20. The van der Waals surface area contributed by atoms with Crippen molar-refractivity contribution in [3.8, 4) is 0 Å². The van der Waals surface area contributed by atoms with Crippen LogP contribution in [0, 0.1) is 0 Å². The number of aromatic nitrogens is 1. The summed E-state index contributed by atoms with van der Waals surface area (Å²) in [7, 11) is 0. The Kier molecular flexibility index (Phi) is 3.63. The molecule has 1 aliphatic rings. The number of hydrogen-bond donors (Lipinski definition) is 1. The minimum absolute atomic E-state index is 0.297. The average Bonchev–Trinajstić information content (AvgIpc) is 2.39. The molecule has 0 radical (unpaired) electrons. The molecule has 1 saturated heterocycles. The van der Waals surface area contributed by atoms with Crippen molar-refractivity contribution in [1.29, 1.82) is 0 Å². The topological polar surface area (TPSA) is 70.5 Å². The lowest BCUT2D eigenvalue weighted by molar-refractivity contribution is -0.141. The summed E-state index contributed by atoms with van der Waals surface area (Å²) < 4.78 is 0. The number of pyridine rings is 1. The van der Waals surface area contributed by atoms with Gasteiger partial charge in [0.25, 0.3) is 5.91 Å². The summed E-state index contributed by atoms with van der Waals surface area (Å²) in [4.78, 5) is 28.5. The SMILES string of the molecule is O=C(O)C1CSCCN1C(=O)c1ccccn1. The van der Waals surface area contributed by atoms with E-state index in [1.54, 1.807) is 30.0 Å². The molecule has 1 aromatic heterocycles. The van der Waals surface area contributed by atoms with Crippen LogP contribution in [0.15, 0.2) is 24.4 Å². The van der Waals surface area contributed by atoms with Crippen LogP contribution >= 0.6 is 11.8 Å². The van der Waals surface area contributed by atoms with Crippen molar-refractivity contribution in [2.45, 2.75) is 6.04 Å². The molecule has 2 heterocycles. The van der Waals surface area contributed by atoms with Crippen molar-refractivity contribution < 1.29 is 14.7 Å². The number of thioether (sulfide) groups is 1. The molecule has 1 unspecified atom stereocenters. The summed E-state index contributed by atoms with van der Waals surface area (Å²) in [6, 6.07) is 4.29. The fourth-order valence-electron chi connectivity index (χ4n) is 1.69. The van der Waals surface area contributed by atoms with Crippen molar-refractivity contribution in [3.63, 3.8) is 0 Å². The van der Waals surface area contributed by atoms with E-state index >= 15 is 0 Å². The summed E-state index contributed by atoms with van der Waals surface area (Å²) in [5.74, 6) is -0.0595. The van der Waals surface area contributed by atoms with E-state index < -0.39 is 12.0 Å². The van der Waals surface area contributed by atoms with E-state index in [0.717, 1.165) is 5.75 Å². The zero-order valence-electron chi connectivity index (χ0n) is 9.07. The van der Waals surface area contributed by atoms with Gasteiger partial charge >= 0.3 is 5.97 Å². The molecular weight excluding hydrogens is 240 g/mol. The van der Waals surface area contributed by atoms with E-state index in [-0.39, 0.29) is 5.91 Å². The number of aliphatic carboxylic acids is 1. The third-order valence-electron chi connectivity index (χ3n) is 2.56. The molecule has 0 bridgehead atoms. The molecule has 2 rings (SSSR count). The van der Waals surface area contributed by atoms with Crippen molar-refractivity contribution >= 4 is 23.6 Å². The number of carbonyl (C=O) groups excluding carboxylic acids is 1. The van der Waals surface area contributed by atoms with Crippen LogP contribution in [0.4, 0.5) is 0 Å². The van der Waals surface area contributed by atoms with Gasteiger partial charge in [-0.2, -0.15) is 11.8 Å². The molecule has 0 spiro atoms. The highest BCUT2D eigenvalue weighted by molar-refractivity contribution is 7.99. The molecule has 1 amide bonds. The van der Waals surface area contributed by atoms with Crippen LogP contribution in [0.1, 0.15) is 10.5 Å². The molecule has 6 heteroatoms. The third-order valence-corrected chi connectivity index (χ3v) is 3.58. The van der Waals surface area contributed by atoms with Crippen molar-refractivity contribution in [2.75, 3.05) is 18.1 Å². The highest BCUT2D eigenvalue weighted by atomic mass is 32.2. The highest BCUT2D eigenvalue weighted by Crippen LogP contribution is 2.18. The van der Waals surface area contributed by atoms with Gasteiger partial charge in [-0.3, -0.25) is 9.78 Å².